The molecule has 0 bridgehead atoms. The molecular weight excluding hydrogens is 368 g/mol. The Balaban J connectivity index is 1.39. The number of fused-ring (bicyclic) bond motifs is 1. The molecule has 2 aliphatic heterocycles. The average molecular weight is 392 g/mol. The van der Waals surface area contributed by atoms with Crippen LogP contribution in [0.25, 0.3) is 0 Å². The highest BCUT2D eigenvalue weighted by Gasteiger charge is 2.34. The van der Waals surface area contributed by atoms with Crippen LogP contribution in [0.5, 0.6) is 5.75 Å². The Morgan fingerprint density at radius 2 is 1.66 bits per heavy atom. The first-order chi connectivity index (χ1) is 14.0. The van der Waals surface area contributed by atoms with E-state index < -0.39 is 6.10 Å². The second-order valence-electron chi connectivity index (χ2n) is 7.54. The number of nitrogens with zero attached hydrogens (tertiary/aromatic N) is 2. The molecule has 0 aromatic heterocycles. The Hall–Kier alpha value is -3.15. The van der Waals surface area contributed by atoms with Crippen LogP contribution in [0.4, 0.5) is 5.69 Å². The number of para-hydroxylation sites is 2. The zero-order valence-corrected chi connectivity index (χ0v) is 16.4. The minimum Gasteiger partial charge on any atom is -0.479 e. The largest absolute Gasteiger partial charge is 0.479 e. The standard InChI is InChI=1S/C23H24N2O4/c1-16-23(28)25(19-9-5-6-10-20(19)29-16)15-21(26)24-13-11-18(12-14-24)22(27)17-7-3-2-4-8-17/h2-10,16,18H,11-15H2,1H3. The summed E-state index contributed by atoms with van der Waals surface area (Å²) in [6.07, 6.45) is 0.666. The topological polar surface area (TPSA) is 66.9 Å². The number of Topliss-reactive ketones (excluding diaryl/α,β-unsaturated/α-hetero) is 1. The second kappa shape index (κ2) is 8.07. The van der Waals surface area contributed by atoms with Crippen LogP contribution in [0.3, 0.4) is 0 Å². The molecule has 150 valence electrons. The molecule has 0 radical (unpaired) electrons. The highest BCUT2D eigenvalue weighted by molar-refractivity contribution is 6.03. The fourth-order valence-electron chi connectivity index (χ4n) is 3.99. The molecule has 2 amide bonds. The molecule has 1 atom stereocenters. The molecule has 6 nitrogen and oxygen atoms in total. The van der Waals surface area contributed by atoms with Gasteiger partial charge in [0.15, 0.2) is 11.9 Å². The van der Waals surface area contributed by atoms with E-state index in [1.807, 2.05) is 42.5 Å². The van der Waals surface area contributed by atoms with Gasteiger partial charge in [0.25, 0.3) is 5.91 Å². The van der Waals surface area contributed by atoms with Gasteiger partial charge in [-0.05, 0) is 31.9 Å². The molecular formula is C23H24N2O4. The molecule has 2 aliphatic rings. The van der Waals surface area contributed by atoms with Crippen LogP contribution in [0.1, 0.15) is 30.1 Å². The van der Waals surface area contributed by atoms with Gasteiger partial charge >= 0.3 is 0 Å². The average Bonchev–Trinajstić information content (AvgIpc) is 2.77. The van der Waals surface area contributed by atoms with Crippen molar-refractivity contribution >= 4 is 23.3 Å². The van der Waals surface area contributed by atoms with Crippen molar-refractivity contribution in [2.75, 3.05) is 24.5 Å². The summed E-state index contributed by atoms with van der Waals surface area (Å²) in [4.78, 5) is 41.4. The Labute approximate surface area is 170 Å². The zero-order valence-electron chi connectivity index (χ0n) is 16.4. The Bertz CT molecular complexity index is 919. The van der Waals surface area contributed by atoms with Gasteiger partial charge in [0.1, 0.15) is 12.3 Å². The molecule has 4 rings (SSSR count). The predicted molar refractivity (Wildman–Crippen MR) is 109 cm³/mol. The zero-order chi connectivity index (χ0) is 20.4. The number of piperidine rings is 1. The first kappa shape index (κ1) is 19.2. The summed E-state index contributed by atoms with van der Waals surface area (Å²) in [7, 11) is 0. The molecule has 2 aromatic carbocycles. The number of ketones is 1. The number of hydrogen-bond donors (Lipinski definition) is 0. The lowest BCUT2D eigenvalue weighted by molar-refractivity contribution is -0.134. The lowest BCUT2D eigenvalue weighted by Crippen LogP contribution is -2.51. The van der Waals surface area contributed by atoms with Crippen LogP contribution in [-0.4, -0.2) is 48.2 Å². The monoisotopic (exact) mass is 392 g/mol. The molecule has 1 unspecified atom stereocenters. The molecule has 2 aromatic rings. The minimum absolute atomic E-state index is 0.0131. The summed E-state index contributed by atoms with van der Waals surface area (Å²) in [5, 5.41) is 0. The van der Waals surface area contributed by atoms with E-state index in [1.54, 1.807) is 24.0 Å². The summed E-state index contributed by atoms with van der Waals surface area (Å²) in [5.74, 6) is 0.370. The van der Waals surface area contributed by atoms with Gasteiger partial charge in [-0.15, -0.1) is 0 Å². The number of benzene rings is 2. The van der Waals surface area contributed by atoms with Gasteiger partial charge in [0.2, 0.25) is 5.91 Å². The van der Waals surface area contributed by atoms with Gasteiger partial charge in [-0.1, -0.05) is 42.5 Å². The lowest BCUT2D eigenvalue weighted by atomic mass is 9.89. The van der Waals surface area contributed by atoms with Crippen LogP contribution in [0.2, 0.25) is 0 Å². The van der Waals surface area contributed by atoms with E-state index in [4.69, 9.17) is 4.74 Å². The van der Waals surface area contributed by atoms with Crippen LogP contribution in [0.15, 0.2) is 54.6 Å². The van der Waals surface area contributed by atoms with E-state index in [-0.39, 0.29) is 30.1 Å². The van der Waals surface area contributed by atoms with Gasteiger partial charge in [0, 0.05) is 24.6 Å². The summed E-state index contributed by atoms with van der Waals surface area (Å²) < 4.78 is 5.63. The van der Waals surface area contributed by atoms with Gasteiger partial charge < -0.3 is 9.64 Å². The van der Waals surface area contributed by atoms with E-state index in [2.05, 4.69) is 0 Å². The van der Waals surface area contributed by atoms with E-state index >= 15 is 0 Å². The number of rotatable bonds is 4. The molecule has 6 heteroatoms. The second-order valence-corrected chi connectivity index (χ2v) is 7.54. The normalized spacial score (nSPS) is 19.5. The first-order valence-electron chi connectivity index (χ1n) is 9.98. The fraction of sp³-hybridized carbons (Fsp3) is 0.348. The molecule has 1 saturated heterocycles. The quantitative estimate of drug-likeness (QED) is 0.751. The van der Waals surface area contributed by atoms with Gasteiger partial charge in [-0.3, -0.25) is 19.3 Å². The molecule has 0 aliphatic carbocycles. The van der Waals surface area contributed by atoms with Crippen molar-refractivity contribution < 1.29 is 19.1 Å². The van der Waals surface area contributed by atoms with Crippen molar-refractivity contribution in [1.29, 1.82) is 0 Å². The molecule has 1 fully saturated rings. The van der Waals surface area contributed by atoms with Crippen LogP contribution >= 0.6 is 0 Å². The third-order valence-electron chi connectivity index (χ3n) is 5.64. The number of carbonyl (C=O) groups is 3. The molecule has 0 saturated carbocycles. The van der Waals surface area contributed by atoms with E-state index in [1.165, 1.54) is 4.90 Å². The number of ether oxygens (including phenoxy) is 1. The third kappa shape index (κ3) is 3.88. The molecule has 29 heavy (non-hydrogen) atoms. The summed E-state index contributed by atoms with van der Waals surface area (Å²) in [5.41, 5.74) is 1.35. The number of carbonyl (C=O) groups excluding carboxylic acids is 3. The van der Waals surface area contributed by atoms with Crippen molar-refractivity contribution in [2.45, 2.75) is 25.9 Å². The Kier molecular flexibility index (Phi) is 5.34. The highest BCUT2D eigenvalue weighted by Crippen LogP contribution is 2.33. The molecule has 2 heterocycles. The van der Waals surface area contributed by atoms with Crippen LogP contribution in [-0.2, 0) is 9.59 Å². The number of amides is 2. The van der Waals surface area contributed by atoms with Crippen molar-refractivity contribution in [3.05, 3.63) is 60.2 Å². The maximum atomic E-state index is 12.9. The SMILES string of the molecule is CC1Oc2ccccc2N(CC(=O)N2CCC(C(=O)c3ccccc3)CC2)C1=O. The first-order valence-corrected chi connectivity index (χ1v) is 9.98. The van der Waals surface area contributed by atoms with E-state index in [0.717, 1.165) is 5.56 Å². The number of anilines is 1. The molecule has 0 spiro atoms. The minimum atomic E-state index is -0.619. The molecule has 0 N–H and O–H groups in total. The Morgan fingerprint density at radius 3 is 2.38 bits per heavy atom. The lowest BCUT2D eigenvalue weighted by Gasteiger charge is -2.36. The van der Waals surface area contributed by atoms with Crippen molar-refractivity contribution in [2.24, 2.45) is 5.92 Å². The maximum Gasteiger partial charge on any atom is 0.268 e. The summed E-state index contributed by atoms with van der Waals surface area (Å²) in [6, 6.07) is 16.6. The van der Waals surface area contributed by atoms with Crippen molar-refractivity contribution in [1.82, 2.24) is 4.90 Å². The van der Waals surface area contributed by atoms with Gasteiger partial charge in [0.05, 0.1) is 5.69 Å². The number of hydrogen-bond acceptors (Lipinski definition) is 4. The number of likely N-dealkylation sites (tertiary alicyclic amines) is 1. The maximum absolute atomic E-state index is 12.9. The van der Waals surface area contributed by atoms with E-state index in [0.29, 0.717) is 37.4 Å². The van der Waals surface area contributed by atoms with Gasteiger partial charge in [-0.2, -0.15) is 0 Å². The van der Waals surface area contributed by atoms with Crippen LogP contribution < -0.4 is 9.64 Å². The predicted octanol–water partition coefficient (Wildman–Crippen LogP) is 2.92. The third-order valence-corrected chi connectivity index (χ3v) is 5.64. The van der Waals surface area contributed by atoms with Crippen LogP contribution in [0, 0.1) is 5.92 Å². The summed E-state index contributed by atoms with van der Waals surface area (Å²) >= 11 is 0. The Morgan fingerprint density at radius 1 is 1.00 bits per heavy atom. The summed E-state index contributed by atoms with van der Waals surface area (Å²) in [6.45, 7) is 2.73. The van der Waals surface area contributed by atoms with Crippen molar-refractivity contribution in [3.63, 3.8) is 0 Å². The smallest absolute Gasteiger partial charge is 0.268 e. The fourth-order valence-corrected chi connectivity index (χ4v) is 3.99. The van der Waals surface area contributed by atoms with Crippen molar-refractivity contribution in [3.8, 4) is 5.75 Å². The van der Waals surface area contributed by atoms with E-state index in [9.17, 15) is 14.4 Å². The highest BCUT2D eigenvalue weighted by atomic mass is 16.5. The van der Waals surface area contributed by atoms with Gasteiger partial charge in [-0.25, -0.2) is 0 Å².